The lowest BCUT2D eigenvalue weighted by molar-refractivity contribution is 0.0912. The van der Waals surface area contributed by atoms with Crippen molar-refractivity contribution in [3.05, 3.63) is 18.0 Å². The van der Waals surface area contributed by atoms with Crippen LogP contribution in [-0.2, 0) is 0 Å². The van der Waals surface area contributed by atoms with Gasteiger partial charge in [-0.05, 0) is 19.8 Å². The normalized spacial score (nSPS) is 19.6. The number of piperazine rings is 1. The number of hydrogen-bond donors (Lipinski definition) is 1. The first-order valence-electron chi connectivity index (χ1n) is 8.21. The topological polar surface area (TPSA) is 50.3 Å². The van der Waals surface area contributed by atoms with Gasteiger partial charge in [0.2, 0.25) is 0 Å². The van der Waals surface area contributed by atoms with Gasteiger partial charge in [0.05, 0.1) is 12.2 Å². The molecular weight excluding hydrogens is 262 g/mol. The lowest BCUT2D eigenvalue weighted by Crippen LogP contribution is -2.49. The van der Waals surface area contributed by atoms with E-state index in [-0.39, 0.29) is 0 Å². The van der Waals surface area contributed by atoms with Gasteiger partial charge in [0.25, 0.3) is 0 Å². The molecule has 5 nitrogen and oxygen atoms in total. The van der Waals surface area contributed by atoms with Crippen LogP contribution in [0.5, 0.6) is 0 Å². The molecule has 0 saturated carbocycles. The first-order chi connectivity index (χ1) is 10.0. The summed E-state index contributed by atoms with van der Waals surface area (Å²) >= 11 is 0. The molecule has 120 valence electrons. The van der Waals surface area contributed by atoms with Gasteiger partial charge in [-0.3, -0.25) is 9.58 Å². The lowest BCUT2D eigenvalue weighted by Gasteiger charge is -2.39. The van der Waals surface area contributed by atoms with Crippen molar-refractivity contribution in [2.45, 2.75) is 39.8 Å². The smallest absolute Gasteiger partial charge is 0.0538 e. The van der Waals surface area contributed by atoms with Crippen molar-refractivity contribution in [1.29, 1.82) is 0 Å². The second-order valence-electron chi connectivity index (χ2n) is 6.83. The van der Waals surface area contributed by atoms with E-state index in [4.69, 9.17) is 5.73 Å². The van der Waals surface area contributed by atoms with Gasteiger partial charge in [0.1, 0.15) is 0 Å². The van der Waals surface area contributed by atoms with Gasteiger partial charge < -0.3 is 10.6 Å². The van der Waals surface area contributed by atoms with E-state index in [2.05, 4.69) is 48.8 Å². The van der Waals surface area contributed by atoms with Gasteiger partial charge in [-0.25, -0.2) is 0 Å². The van der Waals surface area contributed by atoms with Crippen molar-refractivity contribution in [1.82, 2.24) is 19.6 Å². The molecule has 1 unspecified atom stereocenters. The molecule has 1 aromatic rings. The maximum atomic E-state index is 6.04. The average Bonchev–Trinajstić information content (AvgIpc) is 2.91. The van der Waals surface area contributed by atoms with Gasteiger partial charge >= 0.3 is 0 Å². The second-order valence-corrected chi connectivity index (χ2v) is 6.83. The zero-order valence-corrected chi connectivity index (χ0v) is 14.0. The maximum Gasteiger partial charge on any atom is 0.0538 e. The molecule has 21 heavy (non-hydrogen) atoms. The van der Waals surface area contributed by atoms with E-state index in [1.54, 1.807) is 0 Å². The fourth-order valence-corrected chi connectivity index (χ4v) is 3.08. The molecule has 0 bridgehead atoms. The Kier molecular flexibility index (Phi) is 5.79. The molecule has 2 rings (SSSR count). The largest absolute Gasteiger partial charge is 0.329 e. The number of rotatable bonds is 6. The van der Waals surface area contributed by atoms with Crippen LogP contribution >= 0.6 is 0 Å². The molecule has 1 fully saturated rings. The summed E-state index contributed by atoms with van der Waals surface area (Å²) in [5.41, 5.74) is 7.30. The van der Waals surface area contributed by atoms with Crippen molar-refractivity contribution in [3.8, 4) is 0 Å². The third-order valence-electron chi connectivity index (χ3n) is 4.23. The van der Waals surface area contributed by atoms with Crippen LogP contribution < -0.4 is 5.73 Å². The van der Waals surface area contributed by atoms with E-state index in [1.165, 1.54) is 12.1 Å². The van der Waals surface area contributed by atoms with Gasteiger partial charge in [-0.2, -0.15) is 5.10 Å². The molecule has 0 spiro atoms. The Bertz CT molecular complexity index is 418. The summed E-state index contributed by atoms with van der Waals surface area (Å²) in [6, 6.07) is 0.707. The summed E-state index contributed by atoms with van der Waals surface area (Å²) < 4.78 is 2.02. The Hall–Kier alpha value is -0.910. The zero-order valence-electron chi connectivity index (χ0n) is 14.0. The fraction of sp³-hybridized carbons (Fsp3) is 0.812. The molecule has 0 aliphatic carbocycles. The molecule has 0 radical (unpaired) electrons. The molecule has 1 aliphatic rings. The third kappa shape index (κ3) is 4.28. The molecule has 1 aliphatic heterocycles. The first kappa shape index (κ1) is 16.5. The molecule has 0 amide bonds. The van der Waals surface area contributed by atoms with Crippen molar-refractivity contribution in [3.63, 3.8) is 0 Å². The van der Waals surface area contributed by atoms with E-state index < -0.39 is 0 Å². The van der Waals surface area contributed by atoms with Crippen molar-refractivity contribution in [2.75, 3.05) is 39.3 Å². The third-order valence-corrected chi connectivity index (χ3v) is 4.23. The second kappa shape index (κ2) is 7.38. The summed E-state index contributed by atoms with van der Waals surface area (Å²) in [4.78, 5) is 5.07. The van der Waals surface area contributed by atoms with Crippen LogP contribution in [0, 0.1) is 5.92 Å². The summed E-state index contributed by atoms with van der Waals surface area (Å²) in [6.07, 6.45) is 4.14. The minimum atomic E-state index is 0.304. The van der Waals surface area contributed by atoms with Crippen LogP contribution in [0.3, 0.4) is 0 Å². The maximum absolute atomic E-state index is 6.04. The van der Waals surface area contributed by atoms with Crippen LogP contribution in [0.15, 0.2) is 12.4 Å². The highest BCUT2D eigenvalue weighted by molar-refractivity contribution is 5.12. The van der Waals surface area contributed by atoms with Crippen molar-refractivity contribution < 1.29 is 0 Å². The standard InChI is InChI=1S/C16H31N5/c1-13(2)11-19-5-7-20(8-6-19)16(9-17)15-10-18-21(12-15)14(3)4/h10,12-14,16H,5-9,11,17H2,1-4H3. The molecular formula is C16H31N5. The van der Waals surface area contributed by atoms with E-state index in [9.17, 15) is 0 Å². The lowest BCUT2D eigenvalue weighted by atomic mass is 10.1. The molecule has 1 aromatic heterocycles. The van der Waals surface area contributed by atoms with Crippen molar-refractivity contribution >= 4 is 0 Å². The average molecular weight is 293 g/mol. The molecule has 1 atom stereocenters. The van der Waals surface area contributed by atoms with Crippen LogP contribution in [-0.4, -0.2) is 58.8 Å². The predicted octanol–water partition coefficient (Wildman–Crippen LogP) is 1.74. The van der Waals surface area contributed by atoms with Gasteiger partial charge in [0.15, 0.2) is 0 Å². The SMILES string of the molecule is CC(C)CN1CCN(C(CN)c2cnn(C(C)C)c2)CC1. The number of nitrogens with zero attached hydrogens (tertiary/aromatic N) is 4. The number of hydrogen-bond acceptors (Lipinski definition) is 4. The quantitative estimate of drug-likeness (QED) is 0.868. The Morgan fingerprint density at radius 3 is 2.29 bits per heavy atom. The highest BCUT2D eigenvalue weighted by Crippen LogP contribution is 2.22. The van der Waals surface area contributed by atoms with Gasteiger partial charge in [0, 0.05) is 57.1 Å². The molecule has 5 heteroatoms. The predicted molar refractivity (Wildman–Crippen MR) is 87.3 cm³/mol. The Morgan fingerprint density at radius 2 is 1.81 bits per heavy atom. The monoisotopic (exact) mass is 293 g/mol. The van der Waals surface area contributed by atoms with Crippen LogP contribution in [0.25, 0.3) is 0 Å². The molecule has 2 N–H and O–H groups in total. The van der Waals surface area contributed by atoms with Gasteiger partial charge in [-0.1, -0.05) is 13.8 Å². The van der Waals surface area contributed by atoms with E-state index in [0.717, 1.165) is 32.1 Å². The minimum absolute atomic E-state index is 0.304. The van der Waals surface area contributed by atoms with E-state index in [1.807, 2.05) is 10.9 Å². The summed E-state index contributed by atoms with van der Waals surface area (Å²) in [7, 11) is 0. The van der Waals surface area contributed by atoms with Crippen LogP contribution in [0.2, 0.25) is 0 Å². The van der Waals surface area contributed by atoms with E-state index in [0.29, 0.717) is 18.6 Å². The summed E-state index contributed by atoms with van der Waals surface area (Å²) in [5, 5.41) is 4.46. The van der Waals surface area contributed by atoms with E-state index >= 15 is 0 Å². The Morgan fingerprint density at radius 1 is 1.14 bits per heavy atom. The van der Waals surface area contributed by atoms with Gasteiger partial charge in [-0.15, -0.1) is 0 Å². The first-order valence-corrected chi connectivity index (χ1v) is 8.21. The minimum Gasteiger partial charge on any atom is -0.329 e. The highest BCUT2D eigenvalue weighted by atomic mass is 15.3. The van der Waals surface area contributed by atoms with Crippen LogP contribution in [0.4, 0.5) is 0 Å². The van der Waals surface area contributed by atoms with Crippen molar-refractivity contribution in [2.24, 2.45) is 11.7 Å². The zero-order chi connectivity index (χ0) is 15.4. The summed E-state index contributed by atoms with van der Waals surface area (Å²) in [6.45, 7) is 15.2. The molecule has 1 saturated heterocycles. The summed E-state index contributed by atoms with van der Waals surface area (Å²) in [5.74, 6) is 0.742. The van der Waals surface area contributed by atoms with Crippen LogP contribution in [0.1, 0.15) is 45.3 Å². The number of aromatic nitrogens is 2. The molecule has 2 heterocycles. The Labute approximate surface area is 129 Å². The number of nitrogens with two attached hydrogens (primary N) is 1. The highest BCUT2D eigenvalue weighted by Gasteiger charge is 2.25. The fourth-order valence-electron chi connectivity index (χ4n) is 3.08. The Balaban J connectivity index is 1.95. The molecule has 0 aromatic carbocycles.